The molecule has 0 radical (unpaired) electrons. The normalized spacial score (nSPS) is 11.8. The minimum absolute atomic E-state index is 0.239. The summed E-state index contributed by atoms with van der Waals surface area (Å²) in [6.45, 7) is 3.79. The molecule has 0 aliphatic carbocycles. The maximum absolute atomic E-state index is 12.4. The zero-order valence-corrected chi connectivity index (χ0v) is 14.3. The van der Waals surface area contributed by atoms with Gasteiger partial charge in [-0.25, -0.2) is 13.1 Å². The van der Waals surface area contributed by atoms with Crippen LogP contribution < -0.4 is 10.5 Å². The van der Waals surface area contributed by atoms with Crippen molar-refractivity contribution >= 4 is 43.0 Å². The molecule has 1 aromatic heterocycles. The van der Waals surface area contributed by atoms with E-state index in [0.717, 1.165) is 14.9 Å². The number of thiophene rings is 1. The summed E-state index contributed by atoms with van der Waals surface area (Å²) in [6, 6.07) is 5.30. The van der Waals surface area contributed by atoms with Gasteiger partial charge < -0.3 is 5.73 Å². The van der Waals surface area contributed by atoms with Crippen LogP contribution in [0.1, 0.15) is 16.0 Å². The average molecular weight is 375 g/mol. The highest BCUT2D eigenvalue weighted by Gasteiger charge is 2.19. The Morgan fingerprint density at radius 3 is 2.65 bits per heavy atom. The van der Waals surface area contributed by atoms with Gasteiger partial charge >= 0.3 is 0 Å². The number of benzene rings is 1. The van der Waals surface area contributed by atoms with Gasteiger partial charge in [0.1, 0.15) is 0 Å². The summed E-state index contributed by atoms with van der Waals surface area (Å²) >= 11 is 4.88. The molecular formula is C13H15BrN2O2S2. The summed E-state index contributed by atoms with van der Waals surface area (Å²) in [5.74, 6) is 0. The lowest BCUT2D eigenvalue weighted by molar-refractivity contribution is 0.581. The molecule has 0 amide bonds. The number of hydrogen-bond acceptors (Lipinski definition) is 4. The largest absolute Gasteiger partial charge is 0.398 e. The topological polar surface area (TPSA) is 72.2 Å². The molecule has 7 heteroatoms. The molecule has 1 heterocycles. The van der Waals surface area contributed by atoms with Crippen LogP contribution in [0.5, 0.6) is 0 Å². The number of anilines is 1. The van der Waals surface area contributed by atoms with Gasteiger partial charge in [0.15, 0.2) is 0 Å². The summed E-state index contributed by atoms with van der Waals surface area (Å²) in [5.41, 5.74) is 7.73. The number of halogens is 1. The Balaban J connectivity index is 2.29. The molecule has 0 spiro atoms. The second-order valence-electron chi connectivity index (χ2n) is 4.49. The molecule has 108 valence electrons. The van der Waals surface area contributed by atoms with Gasteiger partial charge in [0.25, 0.3) is 0 Å². The van der Waals surface area contributed by atoms with E-state index in [0.29, 0.717) is 11.3 Å². The predicted octanol–water partition coefficient (Wildman–Crippen LogP) is 3.19. The van der Waals surface area contributed by atoms with E-state index in [9.17, 15) is 8.42 Å². The second kappa shape index (κ2) is 5.85. The first-order valence-corrected chi connectivity index (χ1v) is 9.05. The van der Waals surface area contributed by atoms with Crippen LogP contribution in [0, 0.1) is 13.8 Å². The molecule has 0 fully saturated rings. The molecule has 0 atom stereocenters. The van der Waals surface area contributed by atoms with E-state index in [1.54, 1.807) is 19.1 Å². The van der Waals surface area contributed by atoms with E-state index < -0.39 is 10.0 Å². The third-order valence-electron chi connectivity index (χ3n) is 2.95. The van der Waals surface area contributed by atoms with Crippen molar-refractivity contribution in [1.82, 2.24) is 4.72 Å². The highest BCUT2D eigenvalue weighted by molar-refractivity contribution is 9.10. The van der Waals surface area contributed by atoms with E-state index in [4.69, 9.17) is 5.73 Å². The van der Waals surface area contributed by atoms with Crippen molar-refractivity contribution in [3.8, 4) is 0 Å². The average Bonchev–Trinajstić information content (AvgIpc) is 2.77. The lowest BCUT2D eigenvalue weighted by Crippen LogP contribution is -2.24. The first kappa shape index (κ1) is 15.5. The summed E-state index contributed by atoms with van der Waals surface area (Å²) in [6.07, 6.45) is 0. The number of sulfonamides is 1. The molecule has 1 aromatic carbocycles. The lowest BCUT2D eigenvalue weighted by Gasteiger charge is -2.12. The number of nitrogen functional groups attached to an aromatic ring is 1. The zero-order valence-electron chi connectivity index (χ0n) is 11.1. The smallest absolute Gasteiger partial charge is 0.241 e. The first-order valence-electron chi connectivity index (χ1n) is 5.89. The monoisotopic (exact) mass is 374 g/mol. The van der Waals surface area contributed by atoms with E-state index in [2.05, 4.69) is 20.7 Å². The molecule has 0 unspecified atom stereocenters. The van der Waals surface area contributed by atoms with Crippen LogP contribution in [0.4, 0.5) is 5.69 Å². The van der Waals surface area contributed by atoms with Gasteiger partial charge in [-0.1, -0.05) is 0 Å². The SMILES string of the molecule is Cc1cc(N)c(C)c(S(=O)(=O)NCc2sccc2Br)c1. The number of nitrogens with one attached hydrogen (secondary N) is 1. The van der Waals surface area contributed by atoms with Gasteiger partial charge in [0.05, 0.1) is 4.90 Å². The Hall–Kier alpha value is -0.890. The summed E-state index contributed by atoms with van der Waals surface area (Å²) in [5, 5.41) is 1.91. The van der Waals surface area contributed by atoms with E-state index in [1.807, 2.05) is 18.4 Å². The van der Waals surface area contributed by atoms with Gasteiger partial charge in [-0.15, -0.1) is 11.3 Å². The molecule has 2 rings (SSSR count). The van der Waals surface area contributed by atoms with Gasteiger partial charge in [-0.05, 0) is 64.5 Å². The molecule has 2 aromatic rings. The van der Waals surface area contributed by atoms with Gasteiger partial charge in [-0.3, -0.25) is 0 Å². The summed E-state index contributed by atoms with van der Waals surface area (Å²) in [7, 11) is -3.57. The maximum atomic E-state index is 12.4. The second-order valence-corrected chi connectivity index (χ2v) is 8.08. The summed E-state index contributed by atoms with van der Waals surface area (Å²) in [4.78, 5) is 1.18. The van der Waals surface area contributed by atoms with Gasteiger partial charge in [0, 0.05) is 21.6 Å². The van der Waals surface area contributed by atoms with Crippen LogP contribution in [0.3, 0.4) is 0 Å². The molecule has 0 saturated heterocycles. The molecule has 0 aliphatic heterocycles. The predicted molar refractivity (Wildman–Crippen MR) is 86.4 cm³/mol. The van der Waals surface area contributed by atoms with Crippen molar-refractivity contribution in [2.75, 3.05) is 5.73 Å². The van der Waals surface area contributed by atoms with Crippen molar-refractivity contribution in [3.05, 3.63) is 44.1 Å². The third kappa shape index (κ3) is 3.22. The lowest BCUT2D eigenvalue weighted by atomic mass is 10.1. The summed E-state index contributed by atoms with van der Waals surface area (Å²) < 4.78 is 28.3. The molecule has 20 heavy (non-hydrogen) atoms. The zero-order chi connectivity index (χ0) is 14.9. The molecule has 0 saturated carbocycles. The number of rotatable bonds is 4. The minimum atomic E-state index is -3.57. The fraction of sp³-hybridized carbons (Fsp3) is 0.231. The Morgan fingerprint density at radius 2 is 2.05 bits per heavy atom. The highest BCUT2D eigenvalue weighted by Crippen LogP contribution is 2.25. The Morgan fingerprint density at radius 1 is 1.35 bits per heavy atom. The van der Waals surface area contributed by atoms with Crippen molar-refractivity contribution in [3.63, 3.8) is 0 Å². The number of aryl methyl sites for hydroxylation is 1. The maximum Gasteiger partial charge on any atom is 0.241 e. The molecular weight excluding hydrogens is 360 g/mol. The van der Waals surface area contributed by atoms with E-state index >= 15 is 0 Å². The molecule has 0 bridgehead atoms. The Bertz CT molecular complexity index is 739. The Kier molecular flexibility index (Phi) is 4.53. The van der Waals surface area contributed by atoms with Crippen molar-refractivity contribution < 1.29 is 8.42 Å². The van der Waals surface area contributed by atoms with E-state index in [1.165, 1.54) is 11.3 Å². The van der Waals surface area contributed by atoms with Crippen LogP contribution in [0.25, 0.3) is 0 Å². The highest BCUT2D eigenvalue weighted by atomic mass is 79.9. The minimum Gasteiger partial charge on any atom is -0.398 e. The fourth-order valence-electron chi connectivity index (χ4n) is 1.82. The Labute approximate surface area is 131 Å². The van der Waals surface area contributed by atoms with Crippen LogP contribution in [0.2, 0.25) is 0 Å². The standard InChI is InChI=1S/C13H15BrN2O2S2/c1-8-5-11(15)9(2)13(6-8)20(17,18)16-7-12-10(14)3-4-19-12/h3-6,16H,7,15H2,1-2H3. The van der Waals surface area contributed by atoms with Crippen LogP contribution in [0.15, 0.2) is 32.9 Å². The van der Waals surface area contributed by atoms with Crippen molar-refractivity contribution in [2.24, 2.45) is 0 Å². The van der Waals surface area contributed by atoms with Crippen molar-refractivity contribution in [1.29, 1.82) is 0 Å². The quantitative estimate of drug-likeness (QED) is 0.807. The molecule has 3 N–H and O–H groups in total. The number of nitrogens with two attached hydrogens (primary N) is 1. The van der Waals surface area contributed by atoms with Crippen LogP contribution >= 0.6 is 27.3 Å². The van der Waals surface area contributed by atoms with Crippen LogP contribution in [-0.2, 0) is 16.6 Å². The molecule has 0 aliphatic rings. The number of hydrogen-bond donors (Lipinski definition) is 2. The molecule has 4 nitrogen and oxygen atoms in total. The first-order chi connectivity index (χ1) is 9.31. The third-order valence-corrected chi connectivity index (χ3v) is 6.40. The van der Waals surface area contributed by atoms with E-state index in [-0.39, 0.29) is 11.4 Å². The fourth-order valence-corrected chi connectivity index (χ4v) is 4.70. The van der Waals surface area contributed by atoms with Gasteiger partial charge in [0.2, 0.25) is 10.0 Å². The van der Waals surface area contributed by atoms with Crippen LogP contribution in [-0.4, -0.2) is 8.42 Å². The van der Waals surface area contributed by atoms with Crippen molar-refractivity contribution in [2.45, 2.75) is 25.3 Å². The van der Waals surface area contributed by atoms with Gasteiger partial charge in [-0.2, -0.15) is 0 Å².